The first kappa shape index (κ1) is 17.9. The molecule has 0 saturated carbocycles. The third kappa shape index (κ3) is 6.00. The van der Waals surface area contributed by atoms with Gasteiger partial charge in [0.2, 0.25) is 0 Å². The summed E-state index contributed by atoms with van der Waals surface area (Å²) in [6.45, 7) is 5.56. The average molecular weight is 332 g/mol. The molecule has 7 heteroatoms. The van der Waals surface area contributed by atoms with E-state index in [1.54, 1.807) is 33.2 Å². The van der Waals surface area contributed by atoms with Gasteiger partial charge in [0.25, 0.3) is 0 Å². The van der Waals surface area contributed by atoms with Gasteiger partial charge in [0.15, 0.2) is 0 Å². The molecule has 0 bridgehead atoms. The molecular weight excluding hydrogens is 308 g/mol. The lowest BCUT2D eigenvalue weighted by Gasteiger charge is -2.26. The predicted octanol–water partition coefficient (Wildman–Crippen LogP) is 1.77. The fourth-order valence-electron chi connectivity index (χ4n) is 2.24. The maximum absolute atomic E-state index is 12.1. The number of carbonyl (C=O) groups is 1. The summed E-state index contributed by atoms with van der Waals surface area (Å²) in [5.41, 5.74) is 0.404. The molecule has 0 saturated heterocycles. The van der Waals surface area contributed by atoms with E-state index < -0.39 is 23.8 Å². The van der Waals surface area contributed by atoms with Crippen molar-refractivity contribution in [3.05, 3.63) is 48.3 Å². The summed E-state index contributed by atoms with van der Waals surface area (Å²) in [7, 11) is 0. The summed E-state index contributed by atoms with van der Waals surface area (Å²) in [6.07, 6.45) is 2.14. The number of alkyl carbamates (subject to hydrolysis) is 1. The van der Waals surface area contributed by atoms with E-state index in [2.05, 4.69) is 15.5 Å². The summed E-state index contributed by atoms with van der Waals surface area (Å²) in [6, 6.07) is 9.13. The van der Waals surface area contributed by atoms with E-state index >= 15 is 0 Å². The van der Waals surface area contributed by atoms with Gasteiger partial charge in [0, 0.05) is 0 Å². The lowest BCUT2D eigenvalue weighted by molar-refractivity contribution is 0.0392. The highest BCUT2D eigenvalue weighted by Gasteiger charge is 2.25. The van der Waals surface area contributed by atoms with E-state index in [1.807, 2.05) is 30.3 Å². The van der Waals surface area contributed by atoms with Crippen molar-refractivity contribution in [1.82, 2.24) is 20.3 Å². The van der Waals surface area contributed by atoms with Crippen LogP contribution in [0.1, 0.15) is 26.3 Å². The van der Waals surface area contributed by atoms with Crippen LogP contribution in [-0.2, 0) is 17.7 Å². The molecule has 2 N–H and O–H groups in total. The number of amides is 1. The van der Waals surface area contributed by atoms with Crippen molar-refractivity contribution in [1.29, 1.82) is 0 Å². The molecule has 0 aliphatic carbocycles. The summed E-state index contributed by atoms with van der Waals surface area (Å²) in [5.74, 6) is 0. The van der Waals surface area contributed by atoms with Crippen molar-refractivity contribution in [3.8, 4) is 0 Å². The van der Waals surface area contributed by atoms with Crippen LogP contribution in [-0.4, -0.2) is 43.9 Å². The van der Waals surface area contributed by atoms with Crippen LogP contribution in [0.25, 0.3) is 0 Å². The highest BCUT2D eigenvalue weighted by Crippen LogP contribution is 2.11. The first-order valence-corrected chi connectivity index (χ1v) is 7.89. The number of nitrogens with zero attached hydrogens (tertiary/aromatic N) is 3. The standard InChI is InChI=1S/C17H24N4O3/c1-17(2,3)24-16(23)20-14(11-13-7-5-4-6-8-13)15(22)12-21-18-9-10-19-21/h4-10,14-15,22H,11-12H2,1-3H3,(H,20,23)/t14-,15-/m1/s1. The third-order valence-electron chi connectivity index (χ3n) is 3.28. The lowest BCUT2D eigenvalue weighted by atomic mass is 10.0. The van der Waals surface area contributed by atoms with Gasteiger partial charge in [0.05, 0.1) is 31.1 Å². The fraction of sp³-hybridized carbons (Fsp3) is 0.471. The van der Waals surface area contributed by atoms with Crippen LogP contribution in [0.2, 0.25) is 0 Å². The van der Waals surface area contributed by atoms with Crippen LogP contribution in [0.4, 0.5) is 4.79 Å². The van der Waals surface area contributed by atoms with Crippen LogP contribution in [0, 0.1) is 0 Å². The minimum atomic E-state index is -0.856. The molecule has 0 unspecified atom stereocenters. The Kier molecular flexibility index (Phi) is 5.92. The van der Waals surface area contributed by atoms with E-state index in [0.717, 1.165) is 5.56 Å². The second-order valence-corrected chi connectivity index (χ2v) is 6.59. The molecule has 1 aromatic carbocycles. The van der Waals surface area contributed by atoms with Gasteiger partial charge in [0.1, 0.15) is 5.60 Å². The van der Waals surface area contributed by atoms with Gasteiger partial charge in [-0.15, -0.1) is 0 Å². The van der Waals surface area contributed by atoms with Crippen LogP contribution >= 0.6 is 0 Å². The zero-order valence-electron chi connectivity index (χ0n) is 14.2. The summed E-state index contributed by atoms with van der Waals surface area (Å²) in [5, 5.41) is 21.2. The number of benzene rings is 1. The van der Waals surface area contributed by atoms with Gasteiger partial charge in [-0.1, -0.05) is 30.3 Å². The van der Waals surface area contributed by atoms with Crippen molar-refractivity contribution >= 4 is 6.09 Å². The molecule has 0 spiro atoms. The maximum Gasteiger partial charge on any atom is 0.407 e. The van der Waals surface area contributed by atoms with Crippen LogP contribution in [0.5, 0.6) is 0 Å². The van der Waals surface area contributed by atoms with E-state index in [1.165, 1.54) is 4.80 Å². The quantitative estimate of drug-likeness (QED) is 0.841. The lowest BCUT2D eigenvalue weighted by Crippen LogP contribution is -2.48. The largest absolute Gasteiger partial charge is 0.444 e. The van der Waals surface area contributed by atoms with Gasteiger partial charge < -0.3 is 15.2 Å². The number of carbonyl (C=O) groups excluding carboxylic acids is 1. The number of ether oxygens (including phenoxy) is 1. The number of aromatic nitrogens is 3. The second-order valence-electron chi connectivity index (χ2n) is 6.59. The molecule has 1 amide bonds. The summed E-state index contributed by atoms with van der Waals surface area (Å²) >= 11 is 0. The SMILES string of the molecule is CC(C)(C)OC(=O)N[C@H](Cc1ccccc1)[C@H](O)Cn1nccn1. The number of aliphatic hydroxyl groups is 1. The highest BCUT2D eigenvalue weighted by molar-refractivity contribution is 5.68. The molecule has 24 heavy (non-hydrogen) atoms. The average Bonchev–Trinajstić information content (AvgIpc) is 2.98. The summed E-state index contributed by atoms with van der Waals surface area (Å²) < 4.78 is 5.29. The molecule has 0 aliphatic heterocycles. The number of hydrogen-bond acceptors (Lipinski definition) is 5. The molecule has 130 valence electrons. The van der Waals surface area contributed by atoms with Crippen molar-refractivity contribution in [2.45, 2.75) is 51.5 Å². The van der Waals surface area contributed by atoms with Gasteiger partial charge in [-0.3, -0.25) is 0 Å². The molecular formula is C17H24N4O3. The normalized spacial score (nSPS) is 14.0. The van der Waals surface area contributed by atoms with Crippen LogP contribution in [0.15, 0.2) is 42.7 Å². The molecule has 1 aromatic heterocycles. The number of nitrogens with one attached hydrogen (secondary N) is 1. The van der Waals surface area contributed by atoms with Gasteiger partial charge in [-0.2, -0.15) is 15.0 Å². The molecule has 2 atom stereocenters. The van der Waals surface area contributed by atoms with Crippen molar-refractivity contribution < 1.29 is 14.6 Å². The third-order valence-corrected chi connectivity index (χ3v) is 3.28. The fourth-order valence-corrected chi connectivity index (χ4v) is 2.24. The minimum absolute atomic E-state index is 0.181. The van der Waals surface area contributed by atoms with Crippen molar-refractivity contribution in [3.63, 3.8) is 0 Å². The Morgan fingerprint density at radius 3 is 2.46 bits per heavy atom. The first-order valence-electron chi connectivity index (χ1n) is 7.89. The van der Waals surface area contributed by atoms with E-state index in [4.69, 9.17) is 4.74 Å². The van der Waals surface area contributed by atoms with Gasteiger partial charge in [-0.05, 0) is 32.8 Å². The molecule has 7 nitrogen and oxygen atoms in total. The Bertz CT molecular complexity index is 623. The first-order chi connectivity index (χ1) is 11.3. The topological polar surface area (TPSA) is 89.3 Å². The number of aliphatic hydroxyl groups excluding tert-OH is 1. The maximum atomic E-state index is 12.1. The van der Waals surface area contributed by atoms with Crippen LogP contribution in [0.3, 0.4) is 0 Å². The van der Waals surface area contributed by atoms with Crippen molar-refractivity contribution in [2.75, 3.05) is 0 Å². The second kappa shape index (κ2) is 7.92. The minimum Gasteiger partial charge on any atom is -0.444 e. The Morgan fingerprint density at radius 2 is 1.88 bits per heavy atom. The van der Waals surface area contributed by atoms with Crippen LogP contribution < -0.4 is 5.32 Å². The number of hydrogen-bond donors (Lipinski definition) is 2. The Morgan fingerprint density at radius 1 is 1.25 bits per heavy atom. The van der Waals surface area contributed by atoms with E-state index in [-0.39, 0.29) is 6.54 Å². The Labute approximate surface area is 141 Å². The highest BCUT2D eigenvalue weighted by atomic mass is 16.6. The Hall–Kier alpha value is -2.41. The molecule has 0 aliphatic rings. The summed E-state index contributed by atoms with van der Waals surface area (Å²) in [4.78, 5) is 13.5. The molecule has 0 radical (unpaired) electrons. The van der Waals surface area contributed by atoms with Gasteiger partial charge >= 0.3 is 6.09 Å². The molecule has 2 rings (SSSR count). The zero-order chi connectivity index (χ0) is 17.6. The van der Waals surface area contributed by atoms with E-state index in [0.29, 0.717) is 6.42 Å². The van der Waals surface area contributed by atoms with Gasteiger partial charge in [-0.25, -0.2) is 4.79 Å². The predicted molar refractivity (Wildman–Crippen MR) is 89.3 cm³/mol. The molecule has 2 aromatic rings. The monoisotopic (exact) mass is 332 g/mol. The van der Waals surface area contributed by atoms with E-state index in [9.17, 15) is 9.90 Å². The van der Waals surface area contributed by atoms with Crippen molar-refractivity contribution in [2.24, 2.45) is 0 Å². The molecule has 1 heterocycles. The zero-order valence-corrected chi connectivity index (χ0v) is 14.2. The smallest absolute Gasteiger partial charge is 0.407 e. The Balaban J connectivity index is 2.06. The number of rotatable bonds is 6. The molecule has 0 fully saturated rings.